The van der Waals surface area contributed by atoms with Gasteiger partial charge in [0.2, 0.25) is 0 Å². The molecule has 1 amide bonds. The Morgan fingerprint density at radius 3 is 2.86 bits per heavy atom. The predicted molar refractivity (Wildman–Crippen MR) is 103 cm³/mol. The van der Waals surface area contributed by atoms with Gasteiger partial charge in [-0.2, -0.15) is 10.4 Å². The maximum atomic E-state index is 12.2. The molecule has 9 nitrogen and oxygen atoms in total. The maximum absolute atomic E-state index is 12.2. The molecule has 0 unspecified atom stereocenters. The van der Waals surface area contributed by atoms with Crippen LogP contribution in [0.25, 0.3) is 5.82 Å². The first-order valence-corrected chi connectivity index (χ1v) is 9.00. The number of anilines is 1. The molecule has 0 aliphatic heterocycles. The number of nitrogens with zero attached hydrogens (tertiary/aromatic N) is 5. The van der Waals surface area contributed by atoms with Crippen molar-refractivity contribution >= 4 is 27.5 Å². The molecule has 0 radical (unpaired) electrons. The summed E-state index contributed by atoms with van der Waals surface area (Å²) in [7, 11) is 0. The van der Waals surface area contributed by atoms with Gasteiger partial charge in [-0.1, -0.05) is 0 Å². The summed E-state index contributed by atoms with van der Waals surface area (Å²) in [6.07, 6.45) is 4.45. The number of aromatic nitrogens is 4. The third-order valence-corrected chi connectivity index (χ3v) is 4.06. The lowest BCUT2D eigenvalue weighted by Gasteiger charge is -2.14. The van der Waals surface area contributed by atoms with Gasteiger partial charge in [-0.15, -0.1) is 0 Å². The number of hydrogen-bond acceptors (Lipinski definition) is 7. The molecule has 0 saturated carbocycles. The van der Waals surface area contributed by atoms with Crippen LogP contribution in [-0.4, -0.2) is 38.9 Å². The molecular formula is C18H15BrN6O3. The van der Waals surface area contributed by atoms with Gasteiger partial charge in [0.25, 0.3) is 5.91 Å². The fraction of sp³-hybridized carbons (Fsp3) is 0.167. The van der Waals surface area contributed by atoms with Gasteiger partial charge < -0.3 is 14.8 Å². The van der Waals surface area contributed by atoms with Gasteiger partial charge in [0.15, 0.2) is 23.9 Å². The number of ether oxygens (including phenoxy) is 2. The number of nitrogens with one attached hydrogen (secondary N) is 1. The summed E-state index contributed by atoms with van der Waals surface area (Å²) in [5.41, 5.74) is 0.937. The second-order valence-corrected chi connectivity index (χ2v) is 6.27. The van der Waals surface area contributed by atoms with Gasteiger partial charge in [0.05, 0.1) is 34.6 Å². The quantitative estimate of drug-likeness (QED) is 0.597. The molecule has 3 rings (SSSR count). The topological polar surface area (TPSA) is 115 Å². The molecule has 0 aliphatic rings. The molecule has 10 heteroatoms. The van der Waals surface area contributed by atoms with Gasteiger partial charge in [-0.05, 0) is 41.1 Å². The Kier molecular flexibility index (Phi) is 6.18. The van der Waals surface area contributed by atoms with Crippen LogP contribution in [0.15, 0.2) is 47.6 Å². The average molecular weight is 443 g/mol. The van der Waals surface area contributed by atoms with Crippen molar-refractivity contribution < 1.29 is 14.3 Å². The fourth-order valence-electron chi connectivity index (χ4n) is 2.29. The molecule has 1 N–H and O–H groups in total. The number of nitriles is 1. The zero-order valence-corrected chi connectivity index (χ0v) is 16.4. The molecule has 142 valence electrons. The summed E-state index contributed by atoms with van der Waals surface area (Å²) >= 11 is 3.34. The van der Waals surface area contributed by atoms with Crippen LogP contribution >= 0.6 is 15.9 Å². The summed E-state index contributed by atoms with van der Waals surface area (Å²) in [4.78, 5) is 20.3. The van der Waals surface area contributed by atoms with E-state index in [0.717, 1.165) is 0 Å². The number of carbonyl (C=O) groups excluding carboxylic acids is 1. The second-order valence-electron chi connectivity index (χ2n) is 5.41. The van der Waals surface area contributed by atoms with Crippen LogP contribution in [0.1, 0.15) is 12.5 Å². The molecule has 2 aromatic heterocycles. The van der Waals surface area contributed by atoms with Gasteiger partial charge in [0, 0.05) is 6.07 Å². The molecule has 0 bridgehead atoms. The van der Waals surface area contributed by atoms with Gasteiger partial charge in [-0.25, -0.2) is 14.6 Å². The van der Waals surface area contributed by atoms with Crippen molar-refractivity contribution in [1.82, 2.24) is 19.7 Å². The van der Waals surface area contributed by atoms with Gasteiger partial charge in [-0.3, -0.25) is 4.79 Å². The molecule has 0 aliphatic carbocycles. The number of carbonyl (C=O) groups is 1. The standard InChI is InChI=1S/C18H15BrN6O3/c1-2-27-15-6-12(7-20)5-14(19)18(15)28-9-17(26)24-13-3-4-16(22-8-13)25-11-21-10-23-25/h3-6,8,10-11H,2,9H2,1H3,(H,24,26). The van der Waals surface area contributed by atoms with E-state index in [4.69, 9.17) is 14.7 Å². The van der Waals surface area contributed by atoms with Crippen molar-refractivity contribution in [3.8, 4) is 23.4 Å². The van der Waals surface area contributed by atoms with Crippen LogP contribution in [0, 0.1) is 11.3 Å². The Morgan fingerprint density at radius 1 is 1.36 bits per heavy atom. The highest BCUT2D eigenvalue weighted by molar-refractivity contribution is 9.10. The summed E-state index contributed by atoms with van der Waals surface area (Å²) in [6.45, 7) is 1.97. The number of rotatable bonds is 7. The van der Waals surface area contributed by atoms with E-state index in [-0.39, 0.29) is 12.5 Å². The normalized spacial score (nSPS) is 10.2. The first kappa shape index (κ1) is 19.3. The van der Waals surface area contributed by atoms with Gasteiger partial charge >= 0.3 is 0 Å². The number of halogens is 1. The molecule has 3 aromatic rings. The molecule has 0 fully saturated rings. The summed E-state index contributed by atoms with van der Waals surface area (Å²) < 4.78 is 13.1. The van der Waals surface area contributed by atoms with E-state index < -0.39 is 0 Å². The minimum atomic E-state index is -0.367. The van der Waals surface area contributed by atoms with Crippen molar-refractivity contribution in [3.63, 3.8) is 0 Å². The number of pyridine rings is 1. The largest absolute Gasteiger partial charge is 0.490 e. The molecule has 28 heavy (non-hydrogen) atoms. The van der Waals surface area contributed by atoms with E-state index in [1.807, 2.05) is 13.0 Å². The Labute approximate surface area is 169 Å². The monoisotopic (exact) mass is 442 g/mol. The second kappa shape index (κ2) is 8.96. The van der Waals surface area contributed by atoms with Crippen LogP contribution in [0.3, 0.4) is 0 Å². The highest BCUT2D eigenvalue weighted by Crippen LogP contribution is 2.36. The van der Waals surface area contributed by atoms with Crippen molar-refractivity contribution in [2.24, 2.45) is 0 Å². The zero-order chi connectivity index (χ0) is 19.9. The van der Waals surface area contributed by atoms with Crippen LogP contribution in [0.4, 0.5) is 5.69 Å². The van der Waals surface area contributed by atoms with Gasteiger partial charge in [0.1, 0.15) is 12.7 Å². The number of amides is 1. The lowest BCUT2D eigenvalue weighted by molar-refractivity contribution is -0.118. The molecule has 2 heterocycles. The Hall–Kier alpha value is -3.45. The van der Waals surface area contributed by atoms with Crippen molar-refractivity contribution in [1.29, 1.82) is 5.26 Å². The summed E-state index contributed by atoms with van der Waals surface area (Å²) in [6, 6.07) is 8.61. The Morgan fingerprint density at radius 2 is 2.21 bits per heavy atom. The summed E-state index contributed by atoms with van der Waals surface area (Å²) in [5, 5.41) is 15.7. The highest BCUT2D eigenvalue weighted by Gasteiger charge is 2.14. The maximum Gasteiger partial charge on any atom is 0.262 e. The van der Waals surface area contributed by atoms with Crippen LogP contribution in [0.5, 0.6) is 11.5 Å². The molecular weight excluding hydrogens is 428 g/mol. The van der Waals surface area contributed by atoms with E-state index in [1.54, 1.807) is 24.3 Å². The van der Waals surface area contributed by atoms with E-state index in [1.165, 1.54) is 23.5 Å². The first-order valence-electron chi connectivity index (χ1n) is 8.21. The minimum absolute atomic E-state index is 0.241. The van der Waals surface area contributed by atoms with Crippen molar-refractivity contribution in [2.45, 2.75) is 6.92 Å². The molecule has 0 saturated heterocycles. The van der Waals surface area contributed by atoms with Crippen LogP contribution in [0.2, 0.25) is 0 Å². The molecule has 0 spiro atoms. The van der Waals surface area contributed by atoms with Crippen LogP contribution < -0.4 is 14.8 Å². The SMILES string of the molecule is CCOc1cc(C#N)cc(Br)c1OCC(=O)Nc1ccc(-n2cncn2)nc1. The molecule has 0 atom stereocenters. The number of hydrogen-bond donors (Lipinski definition) is 1. The van der Waals surface area contributed by atoms with Crippen molar-refractivity contribution in [3.05, 3.63) is 53.2 Å². The Balaban J connectivity index is 1.64. The Bertz CT molecular complexity index is 999. The fourth-order valence-corrected chi connectivity index (χ4v) is 2.85. The number of benzene rings is 1. The lowest BCUT2D eigenvalue weighted by atomic mass is 10.2. The predicted octanol–water partition coefficient (Wildman–Crippen LogP) is 2.71. The average Bonchev–Trinajstić information content (AvgIpc) is 3.22. The van der Waals surface area contributed by atoms with E-state index in [0.29, 0.717) is 39.6 Å². The summed E-state index contributed by atoms with van der Waals surface area (Å²) in [5.74, 6) is 0.958. The minimum Gasteiger partial charge on any atom is -0.490 e. The zero-order valence-electron chi connectivity index (χ0n) is 14.8. The van der Waals surface area contributed by atoms with Crippen molar-refractivity contribution in [2.75, 3.05) is 18.5 Å². The first-order chi connectivity index (χ1) is 13.6. The smallest absolute Gasteiger partial charge is 0.262 e. The highest BCUT2D eigenvalue weighted by atomic mass is 79.9. The van der Waals surface area contributed by atoms with E-state index in [2.05, 4.69) is 36.3 Å². The third kappa shape index (κ3) is 4.63. The van der Waals surface area contributed by atoms with E-state index >= 15 is 0 Å². The van der Waals surface area contributed by atoms with E-state index in [9.17, 15) is 4.79 Å². The van der Waals surface area contributed by atoms with Crippen LogP contribution in [-0.2, 0) is 4.79 Å². The third-order valence-electron chi connectivity index (χ3n) is 3.47. The molecule has 1 aromatic carbocycles. The lowest BCUT2D eigenvalue weighted by Crippen LogP contribution is -2.20.